The van der Waals surface area contributed by atoms with Crippen molar-refractivity contribution in [2.45, 2.75) is 20.3 Å². The summed E-state index contributed by atoms with van der Waals surface area (Å²) in [6.07, 6.45) is 1.07. The first kappa shape index (κ1) is 10.5. The van der Waals surface area contributed by atoms with Gasteiger partial charge in [0.25, 0.3) is 0 Å². The van der Waals surface area contributed by atoms with E-state index in [1.807, 2.05) is 6.07 Å². The minimum atomic E-state index is 0.594. The van der Waals surface area contributed by atoms with Gasteiger partial charge in [-0.05, 0) is 36.6 Å². The molecule has 1 aromatic carbocycles. The Labute approximate surface area is 91.2 Å². The zero-order valence-corrected chi connectivity index (χ0v) is 9.45. The van der Waals surface area contributed by atoms with Gasteiger partial charge in [-0.1, -0.05) is 13.0 Å². The summed E-state index contributed by atoms with van der Waals surface area (Å²) in [6.45, 7) is 6.81. The lowest BCUT2D eigenvalue weighted by atomic mass is 10.1. The van der Waals surface area contributed by atoms with Crippen molar-refractivity contribution in [1.82, 2.24) is 0 Å². The number of hydrogen-bond acceptors (Lipinski definition) is 2. The van der Waals surface area contributed by atoms with Crippen molar-refractivity contribution < 1.29 is 9.47 Å². The molecule has 1 aromatic rings. The van der Waals surface area contributed by atoms with Gasteiger partial charge < -0.3 is 9.47 Å². The molecule has 2 nitrogen and oxygen atoms in total. The molecule has 0 N–H and O–H groups in total. The predicted octanol–water partition coefficient (Wildman–Crippen LogP) is 2.58. The molecule has 1 fully saturated rings. The lowest BCUT2D eigenvalue weighted by Gasteiger charge is -2.25. The second-order valence-corrected chi connectivity index (χ2v) is 4.16. The van der Waals surface area contributed by atoms with Crippen LogP contribution in [0.2, 0.25) is 0 Å². The number of hydrogen-bond donors (Lipinski definition) is 0. The standard InChI is InChI=1S/C13H18O2/c1-3-12-6-13(5-4-10(12)2)15-9-11-7-14-8-11/h4-6,11H,3,7-9H2,1-2H3. The quantitative estimate of drug-likeness (QED) is 0.754. The molecule has 2 rings (SSSR count). The fraction of sp³-hybridized carbons (Fsp3) is 0.538. The first-order chi connectivity index (χ1) is 7.29. The Morgan fingerprint density at radius 3 is 2.80 bits per heavy atom. The van der Waals surface area contributed by atoms with E-state index in [4.69, 9.17) is 9.47 Å². The third-order valence-electron chi connectivity index (χ3n) is 2.89. The Bertz CT molecular complexity index is 329. The van der Waals surface area contributed by atoms with Gasteiger partial charge in [0.2, 0.25) is 0 Å². The fourth-order valence-corrected chi connectivity index (χ4v) is 1.71. The van der Waals surface area contributed by atoms with Gasteiger partial charge in [0.15, 0.2) is 0 Å². The predicted molar refractivity (Wildman–Crippen MR) is 60.4 cm³/mol. The smallest absolute Gasteiger partial charge is 0.119 e. The van der Waals surface area contributed by atoms with E-state index in [0.29, 0.717) is 5.92 Å². The maximum Gasteiger partial charge on any atom is 0.119 e. The number of benzene rings is 1. The molecule has 0 unspecified atom stereocenters. The van der Waals surface area contributed by atoms with Crippen LogP contribution in [0.15, 0.2) is 18.2 Å². The van der Waals surface area contributed by atoms with Crippen LogP contribution in [0.4, 0.5) is 0 Å². The summed E-state index contributed by atoms with van der Waals surface area (Å²) in [5.41, 5.74) is 2.72. The SMILES string of the molecule is CCc1cc(OCC2COC2)ccc1C. The van der Waals surface area contributed by atoms with Crippen molar-refractivity contribution >= 4 is 0 Å². The molecule has 0 bridgehead atoms. The summed E-state index contributed by atoms with van der Waals surface area (Å²) in [4.78, 5) is 0. The molecular weight excluding hydrogens is 188 g/mol. The molecule has 0 amide bonds. The zero-order chi connectivity index (χ0) is 10.7. The van der Waals surface area contributed by atoms with Crippen LogP contribution in [-0.4, -0.2) is 19.8 Å². The molecule has 82 valence electrons. The van der Waals surface area contributed by atoms with Crippen LogP contribution in [0.25, 0.3) is 0 Å². The Morgan fingerprint density at radius 1 is 1.40 bits per heavy atom. The van der Waals surface area contributed by atoms with Gasteiger partial charge in [-0.15, -0.1) is 0 Å². The molecule has 0 saturated carbocycles. The van der Waals surface area contributed by atoms with Crippen molar-refractivity contribution in [2.24, 2.45) is 5.92 Å². The number of aryl methyl sites for hydroxylation is 2. The van der Waals surface area contributed by atoms with E-state index >= 15 is 0 Å². The minimum absolute atomic E-state index is 0.594. The monoisotopic (exact) mass is 206 g/mol. The van der Waals surface area contributed by atoms with Gasteiger partial charge in [-0.3, -0.25) is 0 Å². The molecule has 0 aromatic heterocycles. The molecule has 1 aliphatic heterocycles. The van der Waals surface area contributed by atoms with Crippen molar-refractivity contribution in [3.63, 3.8) is 0 Å². The summed E-state index contributed by atoms with van der Waals surface area (Å²) >= 11 is 0. The molecule has 15 heavy (non-hydrogen) atoms. The van der Waals surface area contributed by atoms with Gasteiger partial charge in [0, 0.05) is 5.92 Å². The Balaban J connectivity index is 1.95. The average molecular weight is 206 g/mol. The maximum atomic E-state index is 5.73. The zero-order valence-electron chi connectivity index (χ0n) is 9.45. The summed E-state index contributed by atoms with van der Waals surface area (Å²) < 4.78 is 10.8. The van der Waals surface area contributed by atoms with Crippen LogP contribution in [0, 0.1) is 12.8 Å². The van der Waals surface area contributed by atoms with Crippen molar-refractivity contribution in [1.29, 1.82) is 0 Å². The average Bonchev–Trinajstić information content (AvgIpc) is 2.18. The van der Waals surface area contributed by atoms with Crippen LogP contribution in [0.5, 0.6) is 5.75 Å². The molecule has 2 heteroatoms. The van der Waals surface area contributed by atoms with E-state index in [1.54, 1.807) is 0 Å². The van der Waals surface area contributed by atoms with Crippen molar-refractivity contribution in [3.05, 3.63) is 29.3 Å². The molecule has 0 radical (unpaired) electrons. The molecule has 0 atom stereocenters. The fourth-order valence-electron chi connectivity index (χ4n) is 1.71. The van der Waals surface area contributed by atoms with Crippen LogP contribution < -0.4 is 4.74 Å². The van der Waals surface area contributed by atoms with E-state index in [0.717, 1.165) is 32.0 Å². The first-order valence-corrected chi connectivity index (χ1v) is 5.59. The Hall–Kier alpha value is -1.02. The highest BCUT2D eigenvalue weighted by atomic mass is 16.5. The lowest BCUT2D eigenvalue weighted by molar-refractivity contribution is -0.0508. The van der Waals surface area contributed by atoms with Crippen LogP contribution in [-0.2, 0) is 11.2 Å². The normalized spacial score (nSPS) is 16.1. The van der Waals surface area contributed by atoms with Gasteiger partial charge in [0.05, 0.1) is 19.8 Å². The summed E-state index contributed by atoms with van der Waals surface area (Å²) in [5.74, 6) is 1.58. The Kier molecular flexibility index (Phi) is 3.27. The highest BCUT2D eigenvalue weighted by Gasteiger charge is 2.18. The highest BCUT2D eigenvalue weighted by Crippen LogP contribution is 2.19. The maximum absolute atomic E-state index is 5.73. The lowest BCUT2D eigenvalue weighted by Crippen LogP contribution is -2.32. The van der Waals surface area contributed by atoms with Gasteiger partial charge in [-0.25, -0.2) is 0 Å². The molecule has 1 saturated heterocycles. The van der Waals surface area contributed by atoms with Crippen LogP contribution >= 0.6 is 0 Å². The molecule has 1 aliphatic rings. The van der Waals surface area contributed by atoms with E-state index < -0.39 is 0 Å². The van der Waals surface area contributed by atoms with E-state index in [9.17, 15) is 0 Å². The van der Waals surface area contributed by atoms with Crippen molar-refractivity contribution in [2.75, 3.05) is 19.8 Å². The van der Waals surface area contributed by atoms with Gasteiger partial charge in [-0.2, -0.15) is 0 Å². The van der Waals surface area contributed by atoms with E-state index in [2.05, 4.69) is 26.0 Å². The number of rotatable bonds is 4. The molecule has 0 spiro atoms. The van der Waals surface area contributed by atoms with Crippen LogP contribution in [0.1, 0.15) is 18.1 Å². The largest absolute Gasteiger partial charge is 0.493 e. The van der Waals surface area contributed by atoms with Crippen LogP contribution in [0.3, 0.4) is 0 Å². The molecule has 0 aliphatic carbocycles. The van der Waals surface area contributed by atoms with Gasteiger partial charge in [0.1, 0.15) is 5.75 Å². The number of ether oxygens (including phenoxy) is 2. The third-order valence-corrected chi connectivity index (χ3v) is 2.89. The van der Waals surface area contributed by atoms with E-state index in [1.165, 1.54) is 11.1 Å². The van der Waals surface area contributed by atoms with Gasteiger partial charge >= 0.3 is 0 Å². The van der Waals surface area contributed by atoms with E-state index in [-0.39, 0.29) is 0 Å². The third kappa shape index (κ3) is 2.51. The summed E-state index contributed by atoms with van der Waals surface area (Å²) in [6, 6.07) is 6.33. The minimum Gasteiger partial charge on any atom is -0.493 e. The van der Waals surface area contributed by atoms with Crippen molar-refractivity contribution in [3.8, 4) is 5.75 Å². The molecular formula is C13H18O2. The first-order valence-electron chi connectivity index (χ1n) is 5.59. The summed E-state index contributed by atoms with van der Waals surface area (Å²) in [7, 11) is 0. The second kappa shape index (κ2) is 4.67. The highest BCUT2D eigenvalue weighted by molar-refractivity contribution is 5.34. The summed E-state index contributed by atoms with van der Waals surface area (Å²) in [5, 5.41) is 0. The second-order valence-electron chi connectivity index (χ2n) is 4.16. The topological polar surface area (TPSA) is 18.5 Å². The molecule has 1 heterocycles. The Morgan fingerprint density at radius 2 is 2.20 bits per heavy atom.